The topological polar surface area (TPSA) is 61.4 Å². The first-order chi connectivity index (χ1) is 8.78. The van der Waals surface area contributed by atoms with E-state index in [1.165, 1.54) is 11.8 Å². The van der Waals surface area contributed by atoms with Crippen LogP contribution in [0.3, 0.4) is 0 Å². The van der Waals surface area contributed by atoms with Gasteiger partial charge in [-0.3, -0.25) is 9.59 Å². The molecule has 0 aromatic carbocycles. The zero-order valence-corrected chi connectivity index (χ0v) is 10.7. The maximum Gasteiger partial charge on any atom is 0.401 e. The maximum atomic E-state index is 11.9. The largest absolute Gasteiger partial charge is 0.401 e. The van der Waals surface area contributed by atoms with Gasteiger partial charge in [0, 0.05) is 26.1 Å². The molecule has 1 heterocycles. The molecular formula is C11H18F3N3O2. The van der Waals surface area contributed by atoms with Crippen molar-refractivity contribution in [2.24, 2.45) is 0 Å². The quantitative estimate of drug-likeness (QED) is 0.777. The van der Waals surface area contributed by atoms with Crippen LogP contribution in [-0.4, -0.2) is 55.1 Å². The number of rotatable bonds is 4. The first-order valence-electron chi connectivity index (χ1n) is 6.10. The average molecular weight is 281 g/mol. The van der Waals surface area contributed by atoms with E-state index >= 15 is 0 Å². The summed E-state index contributed by atoms with van der Waals surface area (Å²) in [4.78, 5) is 24.1. The van der Waals surface area contributed by atoms with Crippen LogP contribution in [0.15, 0.2) is 0 Å². The van der Waals surface area contributed by atoms with Crippen molar-refractivity contribution in [2.45, 2.75) is 32.0 Å². The third-order valence-corrected chi connectivity index (χ3v) is 2.78. The molecule has 2 N–H and O–H groups in total. The van der Waals surface area contributed by atoms with Crippen LogP contribution in [0.4, 0.5) is 13.2 Å². The molecule has 8 heteroatoms. The van der Waals surface area contributed by atoms with Gasteiger partial charge in [-0.25, -0.2) is 0 Å². The third-order valence-electron chi connectivity index (χ3n) is 2.78. The molecular weight excluding hydrogens is 263 g/mol. The summed E-state index contributed by atoms with van der Waals surface area (Å²) in [5.74, 6) is -0.547. The van der Waals surface area contributed by atoms with Crippen molar-refractivity contribution in [3.63, 3.8) is 0 Å². The van der Waals surface area contributed by atoms with Crippen LogP contribution in [0.5, 0.6) is 0 Å². The Hall–Kier alpha value is -1.31. The predicted molar refractivity (Wildman–Crippen MR) is 62.3 cm³/mol. The van der Waals surface area contributed by atoms with Crippen LogP contribution in [0.2, 0.25) is 0 Å². The second-order valence-electron chi connectivity index (χ2n) is 4.60. The fourth-order valence-electron chi connectivity index (χ4n) is 2.03. The predicted octanol–water partition coefficient (Wildman–Crippen LogP) is 0.265. The molecule has 1 saturated heterocycles. The summed E-state index contributed by atoms with van der Waals surface area (Å²) < 4.78 is 35.8. The first-order valence-corrected chi connectivity index (χ1v) is 6.10. The minimum absolute atomic E-state index is 0.113. The Morgan fingerprint density at radius 3 is 2.63 bits per heavy atom. The summed E-state index contributed by atoms with van der Waals surface area (Å²) in [7, 11) is 0. The SMILES string of the molecule is CC(=O)NC1CCCN(C(=O)CNCC(F)(F)F)C1. The van der Waals surface area contributed by atoms with E-state index in [4.69, 9.17) is 0 Å². The molecule has 1 unspecified atom stereocenters. The van der Waals surface area contributed by atoms with Crippen molar-refractivity contribution >= 4 is 11.8 Å². The molecule has 0 bridgehead atoms. The summed E-state index contributed by atoms with van der Waals surface area (Å²) >= 11 is 0. The standard InChI is InChI=1S/C11H18F3N3O2/c1-8(18)16-9-3-2-4-17(6-9)10(19)5-15-7-11(12,13)14/h9,15H,2-7H2,1H3,(H,16,18). The van der Waals surface area contributed by atoms with Gasteiger partial charge < -0.3 is 15.5 Å². The van der Waals surface area contributed by atoms with Gasteiger partial charge in [0.05, 0.1) is 13.1 Å². The lowest BCUT2D eigenvalue weighted by Gasteiger charge is -2.33. The second-order valence-corrected chi connectivity index (χ2v) is 4.60. The summed E-state index contributed by atoms with van der Waals surface area (Å²) in [6.45, 7) is 0.744. The molecule has 0 saturated carbocycles. The molecule has 5 nitrogen and oxygen atoms in total. The van der Waals surface area contributed by atoms with E-state index in [1.807, 2.05) is 0 Å². The van der Waals surface area contributed by atoms with Crippen LogP contribution in [0.25, 0.3) is 0 Å². The maximum absolute atomic E-state index is 11.9. The van der Waals surface area contributed by atoms with Gasteiger partial charge in [-0.05, 0) is 12.8 Å². The molecule has 2 amide bonds. The molecule has 0 aromatic rings. The second kappa shape index (κ2) is 6.74. The Morgan fingerprint density at radius 2 is 2.05 bits per heavy atom. The molecule has 1 atom stereocenters. The number of hydrogen-bond donors (Lipinski definition) is 2. The van der Waals surface area contributed by atoms with E-state index in [2.05, 4.69) is 10.6 Å². The van der Waals surface area contributed by atoms with E-state index in [-0.39, 0.29) is 24.4 Å². The van der Waals surface area contributed by atoms with E-state index in [0.29, 0.717) is 13.1 Å². The number of piperidine rings is 1. The number of nitrogens with zero attached hydrogens (tertiary/aromatic N) is 1. The number of amides is 2. The molecule has 1 rings (SSSR count). The van der Waals surface area contributed by atoms with E-state index < -0.39 is 12.7 Å². The van der Waals surface area contributed by atoms with Crippen molar-refractivity contribution in [3.05, 3.63) is 0 Å². The number of likely N-dealkylation sites (tertiary alicyclic amines) is 1. The zero-order chi connectivity index (χ0) is 14.5. The van der Waals surface area contributed by atoms with Gasteiger partial charge in [-0.1, -0.05) is 0 Å². The Kier molecular flexibility index (Phi) is 5.59. The lowest BCUT2D eigenvalue weighted by molar-refractivity contribution is -0.136. The molecule has 0 aliphatic carbocycles. The smallest absolute Gasteiger partial charge is 0.352 e. The first kappa shape index (κ1) is 15.7. The molecule has 0 spiro atoms. The normalized spacial score (nSPS) is 20.2. The molecule has 1 fully saturated rings. The molecule has 0 radical (unpaired) electrons. The van der Waals surface area contributed by atoms with Crippen molar-refractivity contribution in [3.8, 4) is 0 Å². The molecule has 110 valence electrons. The monoisotopic (exact) mass is 281 g/mol. The number of carbonyl (C=O) groups excluding carboxylic acids is 2. The summed E-state index contributed by atoms with van der Waals surface area (Å²) in [6.07, 6.45) is -2.81. The highest BCUT2D eigenvalue weighted by molar-refractivity contribution is 5.78. The van der Waals surface area contributed by atoms with Gasteiger partial charge in [0.2, 0.25) is 11.8 Å². The minimum atomic E-state index is -4.32. The Labute approximate surface area is 109 Å². The van der Waals surface area contributed by atoms with Crippen molar-refractivity contribution in [1.29, 1.82) is 0 Å². The third kappa shape index (κ3) is 6.42. The van der Waals surface area contributed by atoms with Crippen molar-refractivity contribution < 1.29 is 22.8 Å². The molecule has 1 aliphatic rings. The molecule has 1 aliphatic heterocycles. The van der Waals surface area contributed by atoms with Crippen LogP contribution in [0.1, 0.15) is 19.8 Å². The zero-order valence-electron chi connectivity index (χ0n) is 10.7. The van der Waals surface area contributed by atoms with E-state index in [1.54, 1.807) is 0 Å². The van der Waals surface area contributed by atoms with Crippen LogP contribution >= 0.6 is 0 Å². The number of alkyl halides is 3. The average Bonchev–Trinajstić information content (AvgIpc) is 2.26. The number of nitrogens with one attached hydrogen (secondary N) is 2. The van der Waals surface area contributed by atoms with Gasteiger partial charge in [0.15, 0.2) is 0 Å². The van der Waals surface area contributed by atoms with E-state index in [0.717, 1.165) is 12.8 Å². The number of halogens is 3. The fourth-order valence-corrected chi connectivity index (χ4v) is 2.03. The summed E-state index contributed by atoms with van der Waals surface area (Å²) in [6, 6.07) is -0.113. The minimum Gasteiger partial charge on any atom is -0.352 e. The number of carbonyl (C=O) groups is 2. The summed E-state index contributed by atoms with van der Waals surface area (Å²) in [5, 5.41) is 4.79. The van der Waals surface area contributed by atoms with Gasteiger partial charge in [0.1, 0.15) is 0 Å². The van der Waals surface area contributed by atoms with Crippen molar-refractivity contribution in [2.75, 3.05) is 26.2 Å². The van der Waals surface area contributed by atoms with Gasteiger partial charge in [-0.15, -0.1) is 0 Å². The molecule has 0 aromatic heterocycles. The fraction of sp³-hybridized carbons (Fsp3) is 0.818. The van der Waals surface area contributed by atoms with E-state index in [9.17, 15) is 22.8 Å². The number of hydrogen-bond acceptors (Lipinski definition) is 3. The van der Waals surface area contributed by atoms with Crippen molar-refractivity contribution in [1.82, 2.24) is 15.5 Å². The highest BCUT2D eigenvalue weighted by Crippen LogP contribution is 2.13. The highest BCUT2D eigenvalue weighted by Gasteiger charge is 2.28. The molecule has 19 heavy (non-hydrogen) atoms. The Bertz CT molecular complexity index is 334. The van der Waals surface area contributed by atoms with Gasteiger partial charge in [0.25, 0.3) is 0 Å². The highest BCUT2D eigenvalue weighted by atomic mass is 19.4. The van der Waals surface area contributed by atoms with Gasteiger partial charge >= 0.3 is 6.18 Å². The van der Waals surface area contributed by atoms with Gasteiger partial charge in [-0.2, -0.15) is 13.2 Å². The Morgan fingerprint density at radius 1 is 1.37 bits per heavy atom. The summed E-state index contributed by atoms with van der Waals surface area (Å²) in [5.41, 5.74) is 0. The van der Waals surface area contributed by atoms with Crippen LogP contribution in [-0.2, 0) is 9.59 Å². The van der Waals surface area contributed by atoms with Crippen LogP contribution < -0.4 is 10.6 Å². The lowest BCUT2D eigenvalue weighted by atomic mass is 10.1. The lowest BCUT2D eigenvalue weighted by Crippen LogP contribution is -2.51. The Balaban J connectivity index is 2.33. The van der Waals surface area contributed by atoms with Crippen LogP contribution in [0, 0.1) is 0 Å².